The fourth-order valence-electron chi connectivity index (χ4n) is 0.909. The van der Waals surface area contributed by atoms with Gasteiger partial charge in [0.1, 0.15) is 5.69 Å². The van der Waals surface area contributed by atoms with Gasteiger partial charge >= 0.3 is 0 Å². The lowest BCUT2D eigenvalue weighted by atomic mass is 10.3. The third-order valence-corrected chi connectivity index (χ3v) is 1.70. The van der Waals surface area contributed by atoms with E-state index in [1.165, 1.54) is 6.21 Å². The molecule has 1 heterocycles. The molecule has 0 aromatic carbocycles. The van der Waals surface area contributed by atoms with E-state index in [4.69, 9.17) is 5.21 Å². The summed E-state index contributed by atoms with van der Waals surface area (Å²) < 4.78 is 0. The predicted molar refractivity (Wildman–Crippen MR) is 66.1 cm³/mol. The number of nitrogens with zero attached hydrogens (tertiary/aromatic N) is 3. The minimum absolute atomic E-state index is 0.612. The molecule has 0 saturated heterocycles. The van der Waals surface area contributed by atoms with Crippen LogP contribution in [-0.4, -0.2) is 21.4 Å². The SMILES string of the molecule is CC(C)C.Cc1nc(C)c(C=NO)nc1C. The van der Waals surface area contributed by atoms with E-state index in [0.29, 0.717) is 5.69 Å². The van der Waals surface area contributed by atoms with E-state index < -0.39 is 0 Å². The molecule has 0 amide bonds. The molecule has 0 aliphatic heterocycles. The monoisotopic (exact) mass is 223 g/mol. The minimum atomic E-state index is 0.612. The van der Waals surface area contributed by atoms with Crippen molar-refractivity contribution < 1.29 is 5.21 Å². The first-order valence-corrected chi connectivity index (χ1v) is 5.37. The Morgan fingerprint density at radius 1 is 1.00 bits per heavy atom. The molecule has 0 radical (unpaired) electrons. The lowest BCUT2D eigenvalue weighted by Crippen LogP contribution is -2.01. The summed E-state index contributed by atoms with van der Waals surface area (Å²) in [5.41, 5.74) is 3.15. The number of aromatic nitrogens is 2. The molecule has 1 rings (SSSR count). The molecule has 0 saturated carbocycles. The fraction of sp³-hybridized carbons (Fsp3) is 0.583. The van der Waals surface area contributed by atoms with Crippen LogP contribution < -0.4 is 0 Å². The summed E-state index contributed by atoms with van der Waals surface area (Å²) >= 11 is 0. The molecular formula is C12H21N3O. The third-order valence-electron chi connectivity index (χ3n) is 1.70. The fourth-order valence-corrected chi connectivity index (χ4v) is 0.909. The minimum Gasteiger partial charge on any atom is -0.411 e. The van der Waals surface area contributed by atoms with Crippen molar-refractivity contribution in [2.75, 3.05) is 0 Å². The van der Waals surface area contributed by atoms with E-state index >= 15 is 0 Å². The van der Waals surface area contributed by atoms with Gasteiger partial charge in [0, 0.05) is 0 Å². The van der Waals surface area contributed by atoms with Gasteiger partial charge < -0.3 is 5.21 Å². The first kappa shape index (κ1) is 14.6. The van der Waals surface area contributed by atoms with E-state index in [1.807, 2.05) is 20.8 Å². The van der Waals surface area contributed by atoms with Gasteiger partial charge in [-0.05, 0) is 26.7 Å². The summed E-state index contributed by atoms with van der Waals surface area (Å²) in [6, 6.07) is 0. The Labute approximate surface area is 97.4 Å². The molecule has 0 fully saturated rings. The molecule has 0 unspecified atom stereocenters. The third kappa shape index (κ3) is 5.44. The number of hydrogen-bond acceptors (Lipinski definition) is 4. The Hall–Kier alpha value is -1.45. The van der Waals surface area contributed by atoms with Crippen molar-refractivity contribution in [1.29, 1.82) is 0 Å². The molecule has 1 aromatic rings. The van der Waals surface area contributed by atoms with Crippen molar-refractivity contribution in [1.82, 2.24) is 9.97 Å². The Kier molecular flexibility index (Phi) is 6.30. The first-order chi connectivity index (χ1) is 7.38. The van der Waals surface area contributed by atoms with Crippen LogP contribution >= 0.6 is 0 Å². The number of oxime groups is 1. The highest BCUT2D eigenvalue weighted by Gasteiger charge is 2.02. The molecule has 90 valence electrons. The van der Waals surface area contributed by atoms with Crippen molar-refractivity contribution >= 4 is 6.21 Å². The summed E-state index contributed by atoms with van der Waals surface area (Å²) in [5.74, 6) is 0.833. The lowest BCUT2D eigenvalue weighted by molar-refractivity contribution is 0.321. The van der Waals surface area contributed by atoms with Crippen LogP contribution in [0.1, 0.15) is 43.5 Å². The second kappa shape index (κ2) is 6.93. The summed E-state index contributed by atoms with van der Waals surface area (Å²) in [6.07, 6.45) is 1.29. The Morgan fingerprint density at radius 3 is 1.88 bits per heavy atom. The summed E-state index contributed by atoms with van der Waals surface area (Å²) in [4.78, 5) is 8.42. The Bertz CT molecular complexity index is 357. The number of rotatable bonds is 1. The molecule has 4 nitrogen and oxygen atoms in total. The largest absolute Gasteiger partial charge is 0.411 e. The average molecular weight is 223 g/mol. The Balaban J connectivity index is 0.000000487. The van der Waals surface area contributed by atoms with Gasteiger partial charge in [-0.2, -0.15) is 0 Å². The average Bonchev–Trinajstić information content (AvgIpc) is 2.13. The van der Waals surface area contributed by atoms with E-state index in [0.717, 1.165) is 23.0 Å². The maximum Gasteiger partial charge on any atom is 0.106 e. The number of aryl methyl sites for hydroxylation is 3. The smallest absolute Gasteiger partial charge is 0.106 e. The van der Waals surface area contributed by atoms with Crippen LogP contribution in [0.15, 0.2) is 5.16 Å². The topological polar surface area (TPSA) is 58.4 Å². The lowest BCUT2D eigenvalue weighted by Gasteiger charge is -2.02. The molecule has 16 heavy (non-hydrogen) atoms. The number of hydrogen-bond donors (Lipinski definition) is 1. The molecule has 0 spiro atoms. The van der Waals surface area contributed by atoms with Gasteiger partial charge in [0.05, 0.1) is 23.3 Å². The molecule has 0 aliphatic rings. The van der Waals surface area contributed by atoms with Gasteiger partial charge in [-0.15, -0.1) is 0 Å². The highest BCUT2D eigenvalue weighted by molar-refractivity contribution is 5.77. The van der Waals surface area contributed by atoms with Gasteiger partial charge in [-0.3, -0.25) is 4.98 Å². The molecule has 1 aromatic heterocycles. The standard InChI is InChI=1S/C8H11N3O.C4H10/c1-5-6(2)11-8(4-9-12)7(3)10-5;1-4(2)3/h4,12H,1-3H3;4H,1-3H3. The van der Waals surface area contributed by atoms with Crippen LogP contribution in [0, 0.1) is 26.7 Å². The summed E-state index contributed by atoms with van der Waals surface area (Å²) in [7, 11) is 0. The van der Waals surface area contributed by atoms with Gasteiger partial charge in [0.15, 0.2) is 0 Å². The van der Waals surface area contributed by atoms with E-state index in [-0.39, 0.29) is 0 Å². The van der Waals surface area contributed by atoms with Crippen LogP contribution in [-0.2, 0) is 0 Å². The van der Waals surface area contributed by atoms with Crippen molar-refractivity contribution in [3.05, 3.63) is 22.8 Å². The van der Waals surface area contributed by atoms with E-state index in [1.54, 1.807) is 0 Å². The van der Waals surface area contributed by atoms with Gasteiger partial charge in [0.2, 0.25) is 0 Å². The molecular weight excluding hydrogens is 202 g/mol. The molecule has 4 heteroatoms. The predicted octanol–water partition coefficient (Wildman–Crippen LogP) is 2.87. The van der Waals surface area contributed by atoms with Crippen LogP contribution in [0.2, 0.25) is 0 Å². The van der Waals surface area contributed by atoms with Crippen LogP contribution in [0.3, 0.4) is 0 Å². The van der Waals surface area contributed by atoms with Crippen molar-refractivity contribution in [3.8, 4) is 0 Å². The van der Waals surface area contributed by atoms with Crippen LogP contribution in [0.4, 0.5) is 0 Å². The molecule has 0 bridgehead atoms. The highest BCUT2D eigenvalue weighted by atomic mass is 16.4. The zero-order chi connectivity index (χ0) is 12.7. The van der Waals surface area contributed by atoms with Gasteiger partial charge in [-0.25, -0.2) is 4.98 Å². The maximum absolute atomic E-state index is 8.31. The second-order valence-electron chi connectivity index (χ2n) is 4.34. The zero-order valence-electron chi connectivity index (χ0n) is 10.9. The second-order valence-corrected chi connectivity index (χ2v) is 4.34. The summed E-state index contributed by atoms with van der Waals surface area (Å²) in [6.45, 7) is 12.1. The van der Waals surface area contributed by atoms with Crippen molar-refractivity contribution in [2.24, 2.45) is 11.1 Å². The van der Waals surface area contributed by atoms with E-state index in [2.05, 4.69) is 35.9 Å². The maximum atomic E-state index is 8.31. The summed E-state index contributed by atoms with van der Waals surface area (Å²) in [5, 5.41) is 11.2. The molecule has 0 aliphatic carbocycles. The molecule has 0 atom stereocenters. The van der Waals surface area contributed by atoms with Gasteiger partial charge in [-0.1, -0.05) is 25.9 Å². The normalized spacial score (nSPS) is 10.4. The Morgan fingerprint density at radius 2 is 1.44 bits per heavy atom. The van der Waals surface area contributed by atoms with Crippen molar-refractivity contribution in [3.63, 3.8) is 0 Å². The first-order valence-electron chi connectivity index (χ1n) is 5.37. The zero-order valence-corrected chi connectivity index (χ0v) is 10.9. The molecule has 1 N–H and O–H groups in total. The van der Waals surface area contributed by atoms with E-state index in [9.17, 15) is 0 Å². The quantitative estimate of drug-likeness (QED) is 0.452. The van der Waals surface area contributed by atoms with Crippen LogP contribution in [0.25, 0.3) is 0 Å². The van der Waals surface area contributed by atoms with Gasteiger partial charge in [0.25, 0.3) is 0 Å². The van der Waals surface area contributed by atoms with Crippen molar-refractivity contribution in [2.45, 2.75) is 41.5 Å². The van der Waals surface area contributed by atoms with Crippen LogP contribution in [0.5, 0.6) is 0 Å². The highest BCUT2D eigenvalue weighted by Crippen LogP contribution is 2.04.